The lowest BCUT2D eigenvalue weighted by Crippen LogP contribution is -2.37. The molecular formula is C18H25F2N3O2. The summed E-state index contributed by atoms with van der Waals surface area (Å²) in [5.74, 6) is -3.31. The first-order valence-electron chi connectivity index (χ1n) is 8.73. The second kappa shape index (κ2) is 9.46. The van der Waals surface area contributed by atoms with Crippen LogP contribution in [0.2, 0.25) is 0 Å². The zero-order chi connectivity index (χ0) is 18.2. The van der Waals surface area contributed by atoms with Crippen LogP contribution in [-0.4, -0.2) is 42.9 Å². The quantitative estimate of drug-likeness (QED) is 0.610. The second-order valence-electron chi connectivity index (χ2n) is 6.54. The molecule has 0 atom stereocenters. The molecule has 0 saturated carbocycles. The van der Waals surface area contributed by atoms with Gasteiger partial charge in [-0.3, -0.25) is 9.59 Å². The van der Waals surface area contributed by atoms with E-state index < -0.39 is 23.4 Å². The fourth-order valence-electron chi connectivity index (χ4n) is 2.81. The molecule has 1 aromatic carbocycles. The Hall–Kier alpha value is -2.02. The van der Waals surface area contributed by atoms with Gasteiger partial charge in [0.05, 0.1) is 5.69 Å². The van der Waals surface area contributed by atoms with Gasteiger partial charge in [-0.15, -0.1) is 0 Å². The molecule has 0 aromatic heterocycles. The van der Waals surface area contributed by atoms with Crippen molar-refractivity contribution in [2.45, 2.75) is 32.6 Å². The van der Waals surface area contributed by atoms with Crippen molar-refractivity contribution >= 4 is 17.5 Å². The molecule has 0 bridgehead atoms. The minimum absolute atomic E-state index is 0.348. The highest BCUT2D eigenvalue weighted by molar-refractivity contribution is 6.39. The number of rotatable bonds is 6. The van der Waals surface area contributed by atoms with Crippen LogP contribution in [0.25, 0.3) is 0 Å². The van der Waals surface area contributed by atoms with E-state index in [0.29, 0.717) is 6.54 Å². The third-order valence-corrected chi connectivity index (χ3v) is 4.47. The molecule has 5 nitrogen and oxygen atoms in total. The molecule has 1 heterocycles. The molecule has 7 heteroatoms. The first kappa shape index (κ1) is 19.3. The Morgan fingerprint density at radius 2 is 1.88 bits per heavy atom. The van der Waals surface area contributed by atoms with Gasteiger partial charge in [0.1, 0.15) is 0 Å². The van der Waals surface area contributed by atoms with Crippen molar-refractivity contribution in [3.05, 3.63) is 29.8 Å². The maximum Gasteiger partial charge on any atom is 0.313 e. The predicted molar refractivity (Wildman–Crippen MR) is 92.1 cm³/mol. The molecule has 1 aliphatic heterocycles. The van der Waals surface area contributed by atoms with E-state index in [2.05, 4.69) is 22.5 Å². The van der Waals surface area contributed by atoms with Crippen molar-refractivity contribution in [2.75, 3.05) is 31.5 Å². The predicted octanol–water partition coefficient (Wildman–Crippen LogP) is 2.53. The summed E-state index contributed by atoms with van der Waals surface area (Å²) < 4.78 is 26.5. The summed E-state index contributed by atoms with van der Waals surface area (Å²) in [5, 5.41) is 4.57. The smallest absolute Gasteiger partial charge is 0.313 e. The molecule has 0 unspecified atom stereocenters. The van der Waals surface area contributed by atoms with Crippen molar-refractivity contribution in [3.8, 4) is 0 Å². The molecule has 1 aliphatic rings. The number of nitrogens with one attached hydrogen (secondary N) is 2. The molecule has 0 radical (unpaired) electrons. The average molecular weight is 353 g/mol. The Morgan fingerprint density at radius 1 is 1.16 bits per heavy atom. The number of carbonyl (C=O) groups is 2. The molecule has 2 rings (SSSR count). The molecule has 0 spiro atoms. The lowest BCUT2D eigenvalue weighted by molar-refractivity contribution is -0.136. The first-order chi connectivity index (χ1) is 12.0. The highest BCUT2D eigenvalue weighted by Crippen LogP contribution is 2.17. The number of anilines is 1. The maximum atomic E-state index is 13.5. The summed E-state index contributed by atoms with van der Waals surface area (Å²) in [4.78, 5) is 25.8. The third kappa shape index (κ3) is 6.08. The van der Waals surface area contributed by atoms with Gasteiger partial charge in [0.2, 0.25) is 0 Å². The van der Waals surface area contributed by atoms with Crippen LogP contribution in [0.1, 0.15) is 32.6 Å². The van der Waals surface area contributed by atoms with Crippen LogP contribution >= 0.6 is 0 Å². The first-order valence-corrected chi connectivity index (χ1v) is 8.73. The van der Waals surface area contributed by atoms with E-state index in [0.717, 1.165) is 44.5 Å². The van der Waals surface area contributed by atoms with Crippen molar-refractivity contribution in [3.63, 3.8) is 0 Å². The largest absolute Gasteiger partial charge is 0.348 e. The van der Waals surface area contributed by atoms with Gasteiger partial charge < -0.3 is 15.5 Å². The van der Waals surface area contributed by atoms with Gasteiger partial charge in [-0.2, -0.15) is 0 Å². The number of nitrogens with zero attached hydrogens (tertiary/aromatic N) is 1. The topological polar surface area (TPSA) is 61.4 Å². The van der Waals surface area contributed by atoms with Gasteiger partial charge in [-0.1, -0.05) is 13.0 Å². The fraction of sp³-hybridized carbons (Fsp3) is 0.556. The summed E-state index contributed by atoms with van der Waals surface area (Å²) >= 11 is 0. The summed E-state index contributed by atoms with van der Waals surface area (Å²) in [7, 11) is 0. The van der Waals surface area contributed by atoms with Gasteiger partial charge in [0.15, 0.2) is 11.6 Å². The van der Waals surface area contributed by atoms with Gasteiger partial charge >= 0.3 is 11.8 Å². The van der Waals surface area contributed by atoms with E-state index in [1.807, 2.05) is 0 Å². The van der Waals surface area contributed by atoms with Gasteiger partial charge in [-0.05, 0) is 63.4 Å². The lowest BCUT2D eigenvalue weighted by atomic mass is 9.99. The normalized spacial score (nSPS) is 15.8. The zero-order valence-electron chi connectivity index (χ0n) is 14.5. The minimum atomic E-state index is -1.18. The molecule has 2 N–H and O–H groups in total. The van der Waals surface area contributed by atoms with Crippen LogP contribution in [0.5, 0.6) is 0 Å². The summed E-state index contributed by atoms with van der Waals surface area (Å²) in [6, 6.07) is 3.39. The third-order valence-electron chi connectivity index (χ3n) is 4.47. The molecule has 0 aliphatic carbocycles. The molecule has 2 amide bonds. The molecule has 138 valence electrons. The van der Waals surface area contributed by atoms with Crippen molar-refractivity contribution in [2.24, 2.45) is 5.92 Å². The number of benzene rings is 1. The maximum absolute atomic E-state index is 13.5. The number of halogens is 2. The Kier molecular flexibility index (Phi) is 7.31. The van der Waals surface area contributed by atoms with Crippen LogP contribution in [-0.2, 0) is 9.59 Å². The number of likely N-dealkylation sites (tertiary alicyclic amines) is 1. The Morgan fingerprint density at radius 3 is 2.60 bits per heavy atom. The van der Waals surface area contributed by atoms with E-state index in [1.165, 1.54) is 25.0 Å². The van der Waals surface area contributed by atoms with Crippen LogP contribution in [0.3, 0.4) is 0 Å². The number of carbonyl (C=O) groups excluding carboxylic acids is 2. The number of hydrogen-bond donors (Lipinski definition) is 2. The summed E-state index contributed by atoms with van der Waals surface area (Å²) in [6.07, 6.45) is 4.16. The Bertz CT molecular complexity index is 602. The van der Waals surface area contributed by atoms with E-state index in [4.69, 9.17) is 0 Å². The van der Waals surface area contributed by atoms with Crippen LogP contribution in [0, 0.1) is 17.6 Å². The highest BCUT2D eigenvalue weighted by Gasteiger charge is 2.17. The van der Waals surface area contributed by atoms with E-state index in [9.17, 15) is 18.4 Å². The van der Waals surface area contributed by atoms with E-state index >= 15 is 0 Å². The van der Waals surface area contributed by atoms with Gasteiger partial charge in [-0.25, -0.2) is 8.78 Å². The Balaban J connectivity index is 1.63. The monoisotopic (exact) mass is 353 g/mol. The number of amides is 2. The number of hydrogen-bond acceptors (Lipinski definition) is 3. The molecule has 25 heavy (non-hydrogen) atoms. The highest BCUT2D eigenvalue weighted by atomic mass is 19.2. The standard InChI is InChI=1S/C18H25F2N3O2/c1-13-7-11-23(12-8-13)10-3-2-9-21-17(24)18(25)22-15-6-4-5-14(19)16(15)20/h4-6,13H,2-3,7-12H2,1H3,(H,21,24)(H,22,25). The van der Waals surface area contributed by atoms with Crippen molar-refractivity contribution in [1.82, 2.24) is 10.2 Å². The van der Waals surface area contributed by atoms with Crippen LogP contribution < -0.4 is 10.6 Å². The summed E-state index contributed by atoms with van der Waals surface area (Å²) in [5.41, 5.74) is -0.348. The molecule has 1 aromatic rings. The molecule has 1 fully saturated rings. The van der Waals surface area contributed by atoms with Crippen molar-refractivity contribution < 1.29 is 18.4 Å². The summed E-state index contributed by atoms with van der Waals surface area (Å²) in [6.45, 7) is 5.88. The number of unbranched alkanes of at least 4 members (excludes halogenated alkanes) is 1. The lowest BCUT2D eigenvalue weighted by Gasteiger charge is -2.30. The number of piperidine rings is 1. The SMILES string of the molecule is CC1CCN(CCCCNC(=O)C(=O)Nc2cccc(F)c2F)CC1. The van der Waals surface area contributed by atoms with Gasteiger partial charge in [0.25, 0.3) is 0 Å². The van der Waals surface area contributed by atoms with Crippen LogP contribution in [0.4, 0.5) is 14.5 Å². The van der Waals surface area contributed by atoms with E-state index in [1.54, 1.807) is 0 Å². The Labute approximate surface area is 146 Å². The van der Waals surface area contributed by atoms with E-state index in [-0.39, 0.29) is 5.69 Å². The second-order valence-corrected chi connectivity index (χ2v) is 6.54. The zero-order valence-corrected chi connectivity index (χ0v) is 14.5. The fourth-order valence-corrected chi connectivity index (χ4v) is 2.81. The molecular weight excluding hydrogens is 328 g/mol. The van der Waals surface area contributed by atoms with Crippen molar-refractivity contribution in [1.29, 1.82) is 0 Å². The van der Waals surface area contributed by atoms with Gasteiger partial charge in [0, 0.05) is 6.54 Å². The average Bonchev–Trinajstić information content (AvgIpc) is 2.60. The minimum Gasteiger partial charge on any atom is -0.348 e. The van der Waals surface area contributed by atoms with Crippen LogP contribution in [0.15, 0.2) is 18.2 Å². The molecule has 1 saturated heterocycles.